The van der Waals surface area contributed by atoms with Gasteiger partial charge in [0.05, 0.1) is 26.3 Å². The summed E-state index contributed by atoms with van der Waals surface area (Å²) in [4.78, 5) is 13.7. The van der Waals surface area contributed by atoms with Gasteiger partial charge >= 0.3 is 6.03 Å². The van der Waals surface area contributed by atoms with Gasteiger partial charge in [-0.05, 0) is 18.6 Å². The van der Waals surface area contributed by atoms with Crippen LogP contribution in [-0.2, 0) is 21.3 Å². The Morgan fingerprint density at radius 3 is 2.69 bits per heavy atom. The van der Waals surface area contributed by atoms with Gasteiger partial charge in [-0.3, -0.25) is 0 Å². The maximum Gasteiger partial charge on any atom is 0.317 e. The van der Waals surface area contributed by atoms with E-state index in [1.807, 2.05) is 0 Å². The molecule has 1 aromatic rings. The standard InChI is InChI=1S/C15H23F2N3O4S2/c1-2-5-19(11-13(16)17)15(21)18-10-12-3-4-14(25-12)26(22,23)20-6-8-24-9-7-20/h3-4,13H,2,5-11H2,1H3,(H,18,21). The first-order chi connectivity index (χ1) is 12.3. The van der Waals surface area contributed by atoms with E-state index in [4.69, 9.17) is 4.74 Å². The summed E-state index contributed by atoms with van der Waals surface area (Å²) in [5.41, 5.74) is 0. The van der Waals surface area contributed by atoms with Crippen LogP contribution in [0.5, 0.6) is 0 Å². The van der Waals surface area contributed by atoms with E-state index in [1.54, 1.807) is 13.0 Å². The lowest BCUT2D eigenvalue weighted by atomic mass is 10.4. The average Bonchev–Trinajstić information content (AvgIpc) is 3.09. The third-order valence-corrected chi connectivity index (χ3v) is 7.21. The number of nitrogens with one attached hydrogen (secondary N) is 1. The van der Waals surface area contributed by atoms with E-state index in [1.165, 1.54) is 10.4 Å². The number of carbonyl (C=O) groups excluding carboxylic acids is 1. The molecule has 2 amide bonds. The number of thiophene rings is 1. The fourth-order valence-electron chi connectivity index (χ4n) is 2.49. The molecular formula is C15H23F2N3O4S2. The van der Waals surface area contributed by atoms with Crippen molar-refractivity contribution in [1.82, 2.24) is 14.5 Å². The fraction of sp³-hybridized carbons (Fsp3) is 0.667. The second-order valence-electron chi connectivity index (χ2n) is 5.73. The third-order valence-electron chi connectivity index (χ3n) is 3.75. The number of ether oxygens (including phenoxy) is 1. The number of hydrogen-bond donors (Lipinski definition) is 1. The van der Waals surface area contributed by atoms with E-state index in [-0.39, 0.29) is 17.3 Å². The predicted molar refractivity (Wildman–Crippen MR) is 94.0 cm³/mol. The Bertz CT molecular complexity index is 691. The van der Waals surface area contributed by atoms with E-state index in [2.05, 4.69) is 5.32 Å². The number of carbonyl (C=O) groups is 1. The lowest BCUT2D eigenvalue weighted by Crippen LogP contribution is -2.42. The second-order valence-corrected chi connectivity index (χ2v) is 9.07. The van der Waals surface area contributed by atoms with Crippen LogP contribution in [-0.4, -0.2) is 69.5 Å². The number of nitrogens with zero attached hydrogens (tertiary/aromatic N) is 2. The molecule has 11 heteroatoms. The van der Waals surface area contributed by atoms with Gasteiger partial charge < -0.3 is 15.0 Å². The van der Waals surface area contributed by atoms with Crippen molar-refractivity contribution in [2.45, 2.75) is 30.5 Å². The minimum absolute atomic E-state index is 0.0889. The molecule has 1 N–H and O–H groups in total. The minimum Gasteiger partial charge on any atom is -0.379 e. The lowest BCUT2D eigenvalue weighted by Gasteiger charge is -2.25. The molecule has 1 aliphatic heterocycles. The number of morpholine rings is 1. The Morgan fingerprint density at radius 1 is 1.38 bits per heavy atom. The molecule has 148 valence electrons. The van der Waals surface area contributed by atoms with Crippen molar-refractivity contribution in [2.75, 3.05) is 39.4 Å². The second kappa shape index (κ2) is 9.58. The van der Waals surface area contributed by atoms with Crippen molar-refractivity contribution in [2.24, 2.45) is 0 Å². The van der Waals surface area contributed by atoms with Gasteiger partial charge in [-0.1, -0.05) is 6.92 Å². The SMILES string of the molecule is CCCN(CC(F)F)C(=O)NCc1ccc(S(=O)(=O)N2CCOCC2)s1. The summed E-state index contributed by atoms with van der Waals surface area (Å²) in [5, 5.41) is 2.57. The van der Waals surface area contributed by atoms with Gasteiger partial charge in [-0.15, -0.1) is 11.3 Å². The molecule has 0 aliphatic carbocycles. The highest BCUT2D eigenvalue weighted by Gasteiger charge is 2.27. The molecule has 0 atom stereocenters. The first kappa shape index (κ1) is 21.0. The molecule has 1 aliphatic rings. The van der Waals surface area contributed by atoms with Crippen LogP contribution in [0, 0.1) is 0 Å². The predicted octanol–water partition coefficient (Wildman–Crippen LogP) is 1.96. The number of rotatable bonds is 8. The zero-order valence-corrected chi connectivity index (χ0v) is 16.1. The van der Waals surface area contributed by atoms with E-state index >= 15 is 0 Å². The summed E-state index contributed by atoms with van der Waals surface area (Å²) in [6.07, 6.45) is -2.03. The number of halogens is 2. The average molecular weight is 411 g/mol. The molecule has 1 saturated heterocycles. The van der Waals surface area contributed by atoms with E-state index in [0.29, 0.717) is 37.6 Å². The van der Waals surface area contributed by atoms with Crippen LogP contribution in [0.25, 0.3) is 0 Å². The van der Waals surface area contributed by atoms with Gasteiger partial charge in [0.2, 0.25) is 0 Å². The first-order valence-corrected chi connectivity index (χ1v) is 10.6. The van der Waals surface area contributed by atoms with Gasteiger partial charge in [-0.25, -0.2) is 22.0 Å². The Balaban J connectivity index is 1.96. The van der Waals surface area contributed by atoms with Crippen LogP contribution < -0.4 is 5.32 Å². The van der Waals surface area contributed by atoms with Gasteiger partial charge in [0.15, 0.2) is 0 Å². The van der Waals surface area contributed by atoms with Crippen LogP contribution in [0.2, 0.25) is 0 Å². The van der Waals surface area contributed by atoms with Crippen LogP contribution in [0.3, 0.4) is 0 Å². The Hall–Kier alpha value is -1.30. The van der Waals surface area contributed by atoms with Crippen molar-refractivity contribution in [3.05, 3.63) is 17.0 Å². The molecule has 26 heavy (non-hydrogen) atoms. The number of hydrogen-bond acceptors (Lipinski definition) is 5. The van der Waals surface area contributed by atoms with Crippen molar-refractivity contribution in [1.29, 1.82) is 0 Å². The zero-order chi connectivity index (χ0) is 19.2. The number of urea groups is 1. The van der Waals surface area contributed by atoms with Crippen LogP contribution >= 0.6 is 11.3 Å². The van der Waals surface area contributed by atoms with E-state index in [9.17, 15) is 22.0 Å². The Labute approximate surface area is 156 Å². The number of sulfonamides is 1. The summed E-state index contributed by atoms with van der Waals surface area (Å²) < 4.78 is 56.9. The molecule has 0 unspecified atom stereocenters. The quantitative estimate of drug-likeness (QED) is 0.709. The molecule has 1 aromatic heterocycles. The Kier molecular flexibility index (Phi) is 7.74. The summed E-state index contributed by atoms with van der Waals surface area (Å²) in [6, 6.07) is 2.54. The smallest absolute Gasteiger partial charge is 0.317 e. The van der Waals surface area contributed by atoms with Crippen molar-refractivity contribution in [3.8, 4) is 0 Å². The van der Waals surface area contributed by atoms with Crippen LogP contribution in [0.4, 0.5) is 13.6 Å². The number of alkyl halides is 2. The van der Waals surface area contributed by atoms with Gasteiger partial charge in [0.1, 0.15) is 4.21 Å². The van der Waals surface area contributed by atoms with E-state index < -0.39 is 29.0 Å². The van der Waals surface area contributed by atoms with Gasteiger partial charge in [0.25, 0.3) is 16.4 Å². The monoisotopic (exact) mass is 411 g/mol. The zero-order valence-electron chi connectivity index (χ0n) is 14.5. The highest BCUT2D eigenvalue weighted by molar-refractivity contribution is 7.91. The summed E-state index contributed by atoms with van der Waals surface area (Å²) in [5.74, 6) is 0. The summed E-state index contributed by atoms with van der Waals surface area (Å²) >= 11 is 1.06. The number of amides is 2. The van der Waals surface area contributed by atoms with Crippen LogP contribution in [0.1, 0.15) is 18.2 Å². The van der Waals surface area contributed by atoms with Crippen LogP contribution in [0.15, 0.2) is 16.3 Å². The normalized spacial score (nSPS) is 16.0. The Morgan fingerprint density at radius 2 is 2.08 bits per heavy atom. The highest BCUT2D eigenvalue weighted by Crippen LogP contribution is 2.25. The third kappa shape index (κ3) is 5.60. The first-order valence-electron chi connectivity index (χ1n) is 8.32. The molecule has 1 fully saturated rings. The van der Waals surface area contributed by atoms with Crippen molar-refractivity contribution < 1.29 is 26.7 Å². The van der Waals surface area contributed by atoms with Crippen molar-refractivity contribution in [3.63, 3.8) is 0 Å². The maximum absolute atomic E-state index is 12.6. The summed E-state index contributed by atoms with van der Waals surface area (Å²) in [6.45, 7) is 2.85. The van der Waals surface area contributed by atoms with E-state index in [0.717, 1.165) is 16.2 Å². The lowest BCUT2D eigenvalue weighted by molar-refractivity contribution is 0.0731. The molecule has 2 heterocycles. The fourth-order valence-corrected chi connectivity index (χ4v) is 5.35. The highest BCUT2D eigenvalue weighted by atomic mass is 32.2. The maximum atomic E-state index is 12.6. The van der Waals surface area contributed by atoms with Gasteiger partial charge in [0, 0.05) is 24.5 Å². The summed E-state index contributed by atoms with van der Waals surface area (Å²) in [7, 11) is -3.57. The minimum atomic E-state index is -3.57. The molecule has 7 nitrogen and oxygen atoms in total. The van der Waals surface area contributed by atoms with Crippen molar-refractivity contribution >= 4 is 27.4 Å². The molecule has 2 rings (SSSR count). The largest absolute Gasteiger partial charge is 0.379 e. The molecule has 0 saturated carbocycles. The molecule has 0 aromatic carbocycles. The van der Waals surface area contributed by atoms with Gasteiger partial charge in [-0.2, -0.15) is 4.31 Å². The molecular weight excluding hydrogens is 388 g/mol. The molecule has 0 spiro atoms. The molecule has 0 bridgehead atoms. The molecule has 0 radical (unpaired) electrons. The topological polar surface area (TPSA) is 79.0 Å².